The zero-order valence-electron chi connectivity index (χ0n) is 27.1. The highest BCUT2D eigenvalue weighted by Gasteiger charge is 2.16. The van der Waals surface area contributed by atoms with E-state index < -0.39 is 0 Å². The molecule has 5 heteroatoms. The monoisotopic (exact) mass is 531 g/mol. The zero-order valence-corrected chi connectivity index (χ0v) is 27.1. The van der Waals surface area contributed by atoms with Crippen LogP contribution in [0.25, 0.3) is 0 Å². The number of hydrogen-bond acceptors (Lipinski definition) is 3. The number of unbranched alkanes of at least 4 members (excludes halogenated alkanes) is 1. The molecule has 1 heterocycles. The third kappa shape index (κ3) is 21.1. The Morgan fingerprint density at radius 3 is 1.55 bits per heavy atom. The summed E-state index contributed by atoms with van der Waals surface area (Å²) < 4.78 is 0. The van der Waals surface area contributed by atoms with E-state index in [0.717, 1.165) is 57.3 Å². The molecule has 0 fully saturated rings. The maximum absolute atomic E-state index is 12.0. The number of nitrogens with one attached hydrogen (secondary N) is 2. The van der Waals surface area contributed by atoms with Gasteiger partial charge in [-0.05, 0) is 66.9 Å². The molecule has 0 spiro atoms. The Kier molecular flexibility index (Phi) is 15.4. The van der Waals surface area contributed by atoms with Gasteiger partial charge in [-0.15, -0.1) is 0 Å². The second kappa shape index (κ2) is 16.3. The van der Waals surface area contributed by atoms with Crippen molar-refractivity contribution in [2.24, 2.45) is 16.2 Å². The first-order valence-electron chi connectivity index (χ1n) is 14.7. The number of pyridine rings is 1. The molecule has 38 heavy (non-hydrogen) atoms. The van der Waals surface area contributed by atoms with E-state index in [-0.39, 0.29) is 17.2 Å². The lowest BCUT2D eigenvalue weighted by Gasteiger charge is -2.18. The van der Waals surface area contributed by atoms with Crippen molar-refractivity contribution in [2.75, 3.05) is 13.1 Å². The lowest BCUT2D eigenvalue weighted by atomic mass is 9.89. The van der Waals surface area contributed by atoms with Crippen molar-refractivity contribution in [3.63, 3.8) is 0 Å². The highest BCUT2D eigenvalue weighted by molar-refractivity contribution is 5.93. The van der Waals surface area contributed by atoms with Gasteiger partial charge in [0, 0.05) is 36.8 Å². The van der Waals surface area contributed by atoms with Crippen LogP contribution in [-0.4, -0.2) is 29.9 Å². The van der Waals surface area contributed by atoms with Gasteiger partial charge in [-0.25, -0.2) is 0 Å². The van der Waals surface area contributed by atoms with Crippen molar-refractivity contribution in [3.8, 4) is 0 Å². The van der Waals surface area contributed by atoms with E-state index in [1.54, 1.807) is 6.20 Å². The van der Waals surface area contributed by atoms with Crippen molar-refractivity contribution in [1.29, 1.82) is 0 Å². The van der Waals surface area contributed by atoms with Crippen molar-refractivity contribution in [1.82, 2.24) is 15.6 Å². The average molecular weight is 532 g/mol. The molecule has 0 bridgehead atoms. The van der Waals surface area contributed by atoms with Crippen molar-refractivity contribution < 1.29 is 9.59 Å². The predicted molar refractivity (Wildman–Crippen MR) is 164 cm³/mol. The Morgan fingerprint density at radius 1 is 0.658 bits per heavy atom. The third-order valence-electron chi connectivity index (χ3n) is 6.19. The number of carbonyl (C=O) groups is 2. The Labute approximate surface area is 235 Å². The predicted octanol–water partition coefficient (Wildman–Crippen LogP) is 8.47. The quantitative estimate of drug-likeness (QED) is 0.281. The number of amides is 2. The molecule has 0 aliphatic carbocycles. The van der Waals surface area contributed by atoms with Crippen molar-refractivity contribution in [2.45, 2.75) is 140 Å². The fraction of sp³-hybridized carbons (Fsp3) is 0.788. The van der Waals surface area contributed by atoms with E-state index in [1.165, 1.54) is 6.42 Å². The molecule has 1 aromatic heterocycles. The minimum absolute atomic E-state index is 0.0156. The fourth-order valence-corrected chi connectivity index (χ4v) is 3.77. The van der Waals surface area contributed by atoms with Crippen LogP contribution in [0.3, 0.4) is 0 Å². The van der Waals surface area contributed by atoms with Gasteiger partial charge in [-0.1, -0.05) is 89.5 Å². The molecule has 0 saturated heterocycles. The molecule has 5 nitrogen and oxygen atoms in total. The first-order valence-corrected chi connectivity index (χ1v) is 14.7. The van der Waals surface area contributed by atoms with Crippen LogP contribution in [-0.2, 0) is 10.2 Å². The van der Waals surface area contributed by atoms with Gasteiger partial charge in [0.25, 0.3) is 5.91 Å². The molecule has 0 aliphatic rings. The standard InChI is InChI=1S/C17H28N2O.C16H33NO/c1-16(2,3)10-7-11-18-15(20)13-8-9-14(19-12-13)17(4,5)6;1-15(2,3)11-8-7-10-14(18)17-13-9-12-16(4,5)6/h8-9,12H,7,10-11H2,1-6H3,(H,18,20);7-13H2,1-6H3,(H,17,18). The van der Waals surface area contributed by atoms with Crippen LogP contribution in [0.5, 0.6) is 0 Å². The minimum atomic E-state index is -0.0353. The van der Waals surface area contributed by atoms with Gasteiger partial charge in [0.2, 0.25) is 5.91 Å². The summed E-state index contributed by atoms with van der Waals surface area (Å²) >= 11 is 0. The average Bonchev–Trinajstić information content (AvgIpc) is 2.75. The number of carbonyl (C=O) groups excluding carboxylic acids is 2. The first kappa shape index (κ1) is 36.1. The molecule has 0 unspecified atom stereocenters. The maximum Gasteiger partial charge on any atom is 0.252 e. The Morgan fingerprint density at radius 2 is 1.13 bits per heavy atom. The normalized spacial score (nSPS) is 12.4. The smallest absolute Gasteiger partial charge is 0.252 e. The SMILES string of the molecule is CC(C)(C)CCCCC(=O)NCCCC(C)(C)C.CC(C)(C)CCCNC(=O)c1ccc(C(C)(C)C)nc1. The molecule has 220 valence electrons. The van der Waals surface area contributed by atoms with Gasteiger partial charge in [-0.2, -0.15) is 0 Å². The third-order valence-corrected chi connectivity index (χ3v) is 6.19. The molecule has 0 aliphatic heterocycles. The van der Waals surface area contributed by atoms with E-state index in [1.807, 2.05) is 12.1 Å². The Balaban J connectivity index is 0.000000726. The van der Waals surface area contributed by atoms with Crippen LogP contribution < -0.4 is 10.6 Å². The molecule has 1 rings (SSSR count). The fourth-order valence-electron chi connectivity index (χ4n) is 3.77. The van der Waals surface area contributed by atoms with Crippen LogP contribution in [0.2, 0.25) is 0 Å². The molecule has 0 aromatic carbocycles. The molecule has 0 radical (unpaired) electrons. The van der Waals surface area contributed by atoms with Gasteiger partial charge in [0.05, 0.1) is 5.56 Å². The number of rotatable bonds is 11. The van der Waals surface area contributed by atoms with Crippen LogP contribution >= 0.6 is 0 Å². The van der Waals surface area contributed by atoms with E-state index >= 15 is 0 Å². The second-order valence-electron chi connectivity index (χ2n) is 15.4. The Bertz CT molecular complexity index is 777. The lowest BCUT2D eigenvalue weighted by Crippen LogP contribution is -2.25. The highest BCUT2D eigenvalue weighted by atomic mass is 16.2. The number of nitrogens with zero attached hydrogens (tertiary/aromatic N) is 1. The lowest BCUT2D eigenvalue weighted by molar-refractivity contribution is -0.121. The number of aromatic nitrogens is 1. The van der Waals surface area contributed by atoms with Gasteiger partial charge in [0.1, 0.15) is 0 Å². The molecule has 0 saturated carbocycles. The highest BCUT2D eigenvalue weighted by Crippen LogP contribution is 2.23. The van der Waals surface area contributed by atoms with Gasteiger partial charge in [0.15, 0.2) is 0 Å². The van der Waals surface area contributed by atoms with Crippen molar-refractivity contribution in [3.05, 3.63) is 29.6 Å². The molecular weight excluding hydrogens is 470 g/mol. The van der Waals surface area contributed by atoms with E-state index in [4.69, 9.17) is 0 Å². The first-order chi connectivity index (χ1) is 17.2. The minimum Gasteiger partial charge on any atom is -0.356 e. The summed E-state index contributed by atoms with van der Waals surface area (Å²) in [6, 6.07) is 3.79. The summed E-state index contributed by atoms with van der Waals surface area (Å²) in [5, 5.41) is 5.96. The summed E-state index contributed by atoms with van der Waals surface area (Å²) in [5.74, 6) is 0.185. The van der Waals surface area contributed by atoms with Crippen molar-refractivity contribution >= 4 is 11.8 Å². The summed E-state index contributed by atoms with van der Waals surface area (Å²) in [6.07, 6.45) is 10.1. The van der Waals surface area contributed by atoms with Crippen LogP contribution in [0.4, 0.5) is 0 Å². The second-order valence-corrected chi connectivity index (χ2v) is 15.4. The zero-order chi connectivity index (χ0) is 29.6. The summed E-state index contributed by atoms with van der Waals surface area (Å²) in [5.41, 5.74) is 2.73. The summed E-state index contributed by atoms with van der Waals surface area (Å²) in [7, 11) is 0. The molecular formula is C33H61N3O2. The topological polar surface area (TPSA) is 71.1 Å². The van der Waals surface area contributed by atoms with E-state index in [0.29, 0.717) is 28.2 Å². The Hall–Kier alpha value is -1.91. The van der Waals surface area contributed by atoms with Crippen LogP contribution in [0.1, 0.15) is 151 Å². The number of hydrogen-bond donors (Lipinski definition) is 2. The van der Waals surface area contributed by atoms with Gasteiger partial charge in [-0.3, -0.25) is 14.6 Å². The van der Waals surface area contributed by atoms with Crippen LogP contribution in [0.15, 0.2) is 18.3 Å². The van der Waals surface area contributed by atoms with Gasteiger partial charge < -0.3 is 10.6 Å². The summed E-state index contributed by atoms with van der Waals surface area (Å²) in [4.78, 5) is 27.9. The summed E-state index contributed by atoms with van der Waals surface area (Å²) in [6.45, 7) is 28.0. The van der Waals surface area contributed by atoms with E-state index in [2.05, 4.69) is 98.7 Å². The van der Waals surface area contributed by atoms with Gasteiger partial charge >= 0.3 is 0 Å². The molecule has 1 aromatic rings. The van der Waals surface area contributed by atoms with E-state index in [9.17, 15) is 9.59 Å². The van der Waals surface area contributed by atoms with Crippen LogP contribution in [0, 0.1) is 16.2 Å². The largest absolute Gasteiger partial charge is 0.356 e. The molecule has 0 atom stereocenters. The maximum atomic E-state index is 12.0. The molecule has 2 amide bonds. The molecule has 2 N–H and O–H groups in total.